The van der Waals surface area contributed by atoms with Crippen molar-refractivity contribution in [1.29, 1.82) is 0 Å². The number of rotatable bonds is 8. The van der Waals surface area contributed by atoms with Crippen LogP contribution < -0.4 is 5.32 Å². The van der Waals surface area contributed by atoms with Gasteiger partial charge in [-0.15, -0.1) is 0 Å². The zero-order valence-electron chi connectivity index (χ0n) is 12.2. The van der Waals surface area contributed by atoms with Crippen LogP contribution in [0.1, 0.15) is 42.6 Å². The van der Waals surface area contributed by atoms with E-state index < -0.39 is 0 Å². The monoisotopic (exact) mass is 263 g/mol. The molecule has 1 N–H and O–H groups in total. The number of hydrogen-bond donors (Lipinski definition) is 1. The summed E-state index contributed by atoms with van der Waals surface area (Å²) in [4.78, 5) is 12.0. The molecule has 0 aromatic heterocycles. The van der Waals surface area contributed by atoms with Gasteiger partial charge in [0.25, 0.3) is 0 Å². The fourth-order valence-electron chi connectivity index (χ4n) is 1.93. The molecule has 0 heterocycles. The molecule has 0 saturated carbocycles. The predicted molar refractivity (Wildman–Crippen MR) is 78.4 cm³/mol. The van der Waals surface area contributed by atoms with Gasteiger partial charge in [-0.25, -0.2) is 4.79 Å². The van der Waals surface area contributed by atoms with E-state index in [-0.39, 0.29) is 5.97 Å². The van der Waals surface area contributed by atoms with Gasteiger partial charge in [0.05, 0.1) is 12.2 Å². The van der Waals surface area contributed by atoms with Crippen LogP contribution in [0.15, 0.2) is 24.3 Å². The molecule has 19 heavy (non-hydrogen) atoms. The highest BCUT2D eigenvalue weighted by molar-refractivity contribution is 5.91. The van der Waals surface area contributed by atoms with E-state index in [9.17, 15) is 4.79 Å². The molecule has 3 heteroatoms. The molecule has 106 valence electrons. The van der Waals surface area contributed by atoms with Crippen molar-refractivity contribution in [3.8, 4) is 0 Å². The summed E-state index contributed by atoms with van der Waals surface area (Å²) in [5, 5.41) is 3.09. The summed E-state index contributed by atoms with van der Waals surface area (Å²) in [5.74, 6) is 0.456. The highest BCUT2D eigenvalue weighted by atomic mass is 16.5. The van der Waals surface area contributed by atoms with Gasteiger partial charge >= 0.3 is 5.97 Å². The molecule has 0 atom stereocenters. The van der Waals surface area contributed by atoms with Crippen molar-refractivity contribution in [3.63, 3.8) is 0 Å². The third-order valence-electron chi connectivity index (χ3n) is 3.04. The number of likely N-dealkylation sites (N-methyl/N-ethyl adjacent to an activating group) is 1. The van der Waals surface area contributed by atoms with Crippen molar-refractivity contribution in [2.75, 3.05) is 20.2 Å². The minimum absolute atomic E-state index is 0.199. The van der Waals surface area contributed by atoms with Gasteiger partial charge in [-0.05, 0) is 50.4 Å². The van der Waals surface area contributed by atoms with Crippen LogP contribution in [0.4, 0.5) is 0 Å². The Labute approximate surface area is 116 Å². The molecule has 0 radical (unpaired) electrons. The molecule has 0 saturated heterocycles. The van der Waals surface area contributed by atoms with Crippen LogP contribution in [-0.4, -0.2) is 26.2 Å². The maximum atomic E-state index is 12.0. The number of benzene rings is 1. The quantitative estimate of drug-likeness (QED) is 0.578. The largest absolute Gasteiger partial charge is 0.462 e. The summed E-state index contributed by atoms with van der Waals surface area (Å²) in [5.41, 5.74) is 1.74. The highest BCUT2D eigenvalue weighted by Gasteiger charge is 2.11. The molecule has 0 aliphatic carbocycles. The minimum Gasteiger partial charge on any atom is -0.462 e. The van der Waals surface area contributed by atoms with Gasteiger partial charge in [0.2, 0.25) is 0 Å². The maximum absolute atomic E-state index is 12.0. The lowest BCUT2D eigenvalue weighted by Crippen LogP contribution is -2.14. The molecule has 1 rings (SSSR count). The van der Waals surface area contributed by atoms with Crippen molar-refractivity contribution in [1.82, 2.24) is 5.32 Å². The van der Waals surface area contributed by atoms with Gasteiger partial charge in [0.1, 0.15) is 0 Å². The van der Waals surface area contributed by atoms with Crippen molar-refractivity contribution < 1.29 is 9.53 Å². The first-order valence-electron chi connectivity index (χ1n) is 7.04. The third kappa shape index (κ3) is 5.88. The van der Waals surface area contributed by atoms with Crippen LogP contribution in [-0.2, 0) is 11.2 Å². The van der Waals surface area contributed by atoms with E-state index in [1.807, 2.05) is 31.3 Å². The van der Waals surface area contributed by atoms with Gasteiger partial charge in [-0.2, -0.15) is 0 Å². The first-order valence-corrected chi connectivity index (χ1v) is 7.04. The van der Waals surface area contributed by atoms with Gasteiger partial charge in [0.15, 0.2) is 0 Å². The predicted octanol–water partition coefficient (Wildman–Crippen LogP) is 3.04. The first-order chi connectivity index (χ1) is 9.15. The fourth-order valence-corrected chi connectivity index (χ4v) is 1.93. The summed E-state index contributed by atoms with van der Waals surface area (Å²) >= 11 is 0. The van der Waals surface area contributed by atoms with Crippen LogP contribution in [0.25, 0.3) is 0 Å². The molecule has 0 aliphatic rings. The lowest BCUT2D eigenvalue weighted by Gasteiger charge is -2.10. The highest BCUT2D eigenvalue weighted by Crippen LogP contribution is 2.12. The molecule has 0 unspecified atom stereocenters. The summed E-state index contributed by atoms with van der Waals surface area (Å²) in [6.45, 7) is 5.72. The minimum atomic E-state index is -0.199. The summed E-state index contributed by atoms with van der Waals surface area (Å²) in [6.07, 6.45) is 2.87. The smallest absolute Gasteiger partial charge is 0.338 e. The number of carbonyl (C=O) groups excluding carboxylic acids is 1. The maximum Gasteiger partial charge on any atom is 0.338 e. The van der Waals surface area contributed by atoms with Crippen LogP contribution in [0.3, 0.4) is 0 Å². The Balaban J connectivity index is 2.51. The molecular weight excluding hydrogens is 238 g/mol. The molecular formula is C16H25NO2. The Morgan fingerprint density at radius 2 is 2.05 bits per heavy atom. The van der Waals surface area contributed by atoms with Crippen LogP contribution in [0.5, 0.6) is 0 Å². The van der Waals surface area contributed by atoms with E-state index in [1.54, 1.807) is 0 Å². The average molecular weight is 263 g/mol. The van der Waals surface area contributed by atoms with Gasteiger partial charge in [-0.3, -0.25) is 0 Å². The first kappa shape index (κ1) is 15.7. The fraction of sp³-hybridized carbons (Fsp3) is 0.562. The molecule has 3 nitrogen and oxygen atoms in total. The Kier molecular flexibility index (Phi) is 7.19. The molecule has 0 bridgehead atoms. The second-order valence-electron chi connectivity index (χ2n) is 5.18. The molecule has 0 aliphatic heterocycles. The van der Waals surface area contributed by atoms with Crippen LogP contribution in [0.2, 0.25) is 0 Å². The van der Waals surface area contributed by atoms with E-state index in [0.29, 0.717) is 18.1 Å². The molecule has 1 aromatic rings. The third-order valence-corrected chi connectivity index (χ3v) is 3.04. The Morgan fingerprint density at radius 1 is 1.32 bits per heavy atom. The zero-order chi connectivity index (χ0) is 14.1. The van der Waals surface area contributed by atoms with E-state index >= 15 is 0 Å². The summed E-state index contributed by atoms with van der Waals surface area (Å²) in [7, 11) is 1.91. The van der Waals surface area contributed by atoms with Crippen molar-refractivity contribution in [2.24, 2.45) is 5.92 Å². The van der Waals surface area contributed by atoms with Crippen LogP contribution in [0, 0.1) is 5.92 Å². The Hall–Kier alpha value is -1.35. The molecule has 0 fully saturated rings. The lowest BCUT2D eigenvalue weighted by atomic mass is 10.0. The lowest BCUT2D eigenvalue weighted by molar-refractivity contribution is 0.0493. The van der Waals surface area contributed by atoms with E-state index in [4.69, 9.17) is 4.74 Å². The van der Waals surface area contributed by atoms with Crippen molar-refractivity contribution >= 4 is 5.97 Å². The molecule has 0 amide bonds. The van der Waals surface area contributed by atoms with Gasteiger partial charge in [0, 0.05) is 0 Å². The van der Waals surface area contributed by atoms with Crippen LogP contribution >= 0.6 is 0 Å². The summed E-state index contributed by atoms with van der Waals surface area (Å²) in [6, 6.07) is 7.67. The summed E-state index contributed by atoms with van der Waals surface area (Å²) < 4.78 is 5.34. The molecule has 1 aromatic carbocycles. The topological polar surface area (TPSA) is 38.3 Å². The second kappa shape index (κ2) is 8.70. The van der Waals surface area contributed by atoms with Crippen molar-refractivity contribution in [2.45, 2.75) is 33.1 Å². The van der Waals surface area contributed by atoms with E-state index in [0.717, 1.165) is 31.4 Å². The Bertz CT molecular complexity index is 388. The number of hydrogen-bond acceptors (Lipinski definition) is 3. The second-order valence-corrected chi connectivity index (χ2v) is 5.18. The number of carbonyl (C=O) groups is 1. The standard InChI is InChI=1S/C16H25NO2/c1-13(2)7-6-12-19-16(18)15-9-5-4-8-14(15)10-11-17-3/h4-5,8-9,13,17H,6-7,10-12H2,1-3H3. The zero-order valence-corrected chi connectivity index (χ0v) is 12.2. The SMILES string of the molecule is CNCCc1ccccc1C(=O)OCCCC(C)C. The number of nitrogens with one attached hydrogen (secondary N) is 1. The van der Waals surface area contributed by atoms with E-state index in [2.05, 4.69) is 19.2 Å². The van der Waals surface area contributed by atoms with Gasteiger partial charge in [-0.1, -0.05) is 32.0 Å². The van der Waals surface area contributed by atoms with Gasteiger partial charge < -0.3 is 10.1 Å². The molecule has 0 spiro atoms. The normalized spacial score (nSPS) is 10.7. The number of esters is 1. The number of ether oxygens (including phenoxy) is 1. The van der Waals surface area contributed by atoms with E-state index in [1.165, 1.54) is 0 Å². The average Bonchev–Trinajstić information content (AvgIpc) is 2.41. The Morgan fingerprint density at radius 3 is 2.74 bits per heavy atom. The van der Waals surface area contributed by atoms with Crippen molar-refractivity contribution in [3.05, 3.63) is 35.4 Å².